The van der Waals surface area contributed by atoms with Crippen molar-refractivity contribution in [2.75, 3.05) is 19.0 Å². The van der Waals surface area contributed by atoms with Gasteiger partial charge < -0.3 is 14.8 Å². The summed E-state index contributed by atoms with van der Waals surface area (Å²) in [6.07, 6.45) is 3.41. The van der Waals surface area contributed by atoms with Gasteiger partial charge >= 0.3 is 0 Å². The predicted molar refractivity (Wildman–Crippen MR) is 91.7 cm³/mol. The van der Waals surface area contributed by atoms with Gasteiger partial charge in [0.15, 0.2) is 11.5 Å². The van der Waals surface area contributed by atoms with E-state index in [0.29, 0.717) is 37.1 Å². The standard InChI is InChI=1S/C15H18BrN5O2/c1-4-6-21-15(18-19-20-21)17-10-11-8-12(16)14(23-7-5-2)13(9-11)22-3/h4-5,8-9H,1-2,6-7,10H2,3H3,(H,17,18,20). The van der Waals surface area contributed by atoms with Crippen LogP contribution >= 0.6 is 15.9 Å². The maximum absolute atomic E-state index is 5.61. The van der Waals surface area contributed by atoms with Gasteiger partial charge in [-0.25, -0.2) is 4.68 Å². The minimum atomic E-state index is 0.406. The highest BCUT2D eigenvalue weighted by Crippen LogP contribution is 2.36. The molecule has 0 aliphatic rings. The number of aromatic nitrogens is 4. The summed E-state index contributed by atoms with van der Waals surface area (Å²) in [5, 5.41) is 14.6. The van der Waals surface area contributed by atoms with E-state index in [-0.39, 0.29) is 0 Å². The first-order valence-electron chi connectivity index (χ1n) is 6.90. The quantitative estimate of drug-likeness (QED) is 0.675. The summed E-state index contributed by atoms with van der Waals surface area (Å²) in [6, 6.07) is 3.85. The van der Waals surface area contributed by atoms with Crippen LogP contribution in [0.3, 0.4) is 0 Å². The first-order valence-corrected chi connectivity index (χ1v) is 7.70. The first-order chi connectivity index (χ1) is 11.2. The van der Waals surface area contributed by atoms with Crippen LogP contribution in [0.2, 0.25) is 0 Å². The number of nitrogens with zero attached hydrogens (tertiary/aromatic N) is 4. The van der Waals surface area contributed by atoms with Crippen molar-refractivity contribution in [2.45, 2.75) is 13.1 Å². The van der Waals surface area contributed by atoms with Gasteiger partial charge in [-0.2, -0.15) is 0 Å². The maximum atomic E-state index is 5.61. The number of anilines is 1. The van der Waals surface area contributed by atoms with Gasteiger partial charge in [0.25, 0.3) is 0 Å². The summed E-state index contributed by atoms with van der Waals surface area (Å²) in [4.78, 5) is 0. The molecule has 1 aromatic heterocycles. The Balaban J connectivity index is 2.13. The van der Waals surface area contributed by atoms with Crippen LogP contribution in [0.4, 0.5) is 5.95 Å². The molecule has 122 valence electrons. The van der Waals surface area contributed by atoms with Gasteiger partial charge in [0.05, 0.1) is 18.1 Å². The molecular weight excluding hydrogens is 362 g/mol. The summed E-state index contributed by atoms with van der Waals surface area (Å²) in [6.45, 7) is 8.80. The van der Waals surface area contributed by atoms with Gasteiger partial charge in [0, 0.05) is 6.54 Å². The summed E-state index contributed by atoms with van der Waals surface area (Å²) >= 11 is 3.50. The minimum absolute atomic E-state index is 0.406. The zero-order chi connectivity index (χ0) is 16.7. The fourth-order valence-corrected chi connectivity index (χ4v) is 2.52. The molecule has 1 aromatic carbocycles. The van der Waals surface area contributed by atoms with Crippen molar-refractivity contribution in [3.8, 4) is 11.5 Å². The highest BCUT2D eigenvalue weighted by atomic mass is 79.9. The van der Waals surface area contributed by atoms with Gasteiger partial charge in [-0.1, -0.05) is 23.8 Å². The largest absolute Gasteiger partial charge is 0.493 e. The Hall–Kier alpha value is -2.35. The van der Waals surface area contributed by atoms with E-state index < -0.39 is 0 Å². The van der Waals surface area contributed by atoms with E-state index >= 15 is 0 Å². The van der Waals surface area contributed by atoms with Crippen molar-refractivity contribution in [2.24, 2.45) is 0 Å². The zero-order valence-electron chi connectivity index (χ0n) is 12.8. The zero-order valence-corrected chi connectivity index (χ0v) is 14.4. The van der Waals surface area contributed by atoms with Crippen LogP contribution in [-0.4, -0.2) is 33.9 Å². The number of hydrogen-bond donors (Lipinski definition) is 1. The Kier molecular flexibility index (Phi) is 6.16. The lowest BCUT2D eigenvalue weighted by molar-refractivity contribution is 0.324. The van der Waals surface area contributed by atoms with E-state index in [0.717, 1.165) is 10.0 Å². The number of hydrogen-bond acceptors (Lipinski definition) is 6. The van der Waals surface area contributed by atoms with Gasteiger partial charge in [-0.05, 0) is 44.1 Å². The first kappa shape index (κ1) is 17.0. The highest BCUT2D eigenvalue weighted by molar-refractivity contribution is 9.10. The fraction of sp³-hybridized carbons (Fsp3) is 0.267. The van der Waals surface area contributed by atoms with E-state index in [1.54, 1.807) is 23.9 Å². The molecule has 1 N–H and O–H groups in total. The average molecular weight is 380 g/mol. The van der Waals surface area contributed by atoms with Crippen molar-refractivity contribution in [1.82, 2.24) is 20.2 Å². The molecule has 1 heterocycles. The molecule has 0 aliphatic carbocycles. The van der Waals surface area contributed by atoms with Crippen molar-refractivity contribution in [3.05, 3.63) is 47.5 Å². The number of halogens is 1. The fourth-order valence-electron chi connectivity index (χ4n) is 1.92. The van der Waals surface area contributed by atoms with E-state index in [2.05, 4.69) is 49.9 Å². The topological polar surface area (TPSA) is 74.1 Å². The Labute approximate surface area is 143 Å². The Morgan fingerprint density at radius 1 is 1.35 bits per heavy atom. The van der Waals surface area contributed by atoms with Crippen LogP contribution in [0.25, 0.3) is 0 Å². The third kappa shape index (κ3) is 4.32. The van der Waals surface area contributed by atoms with Crippen LogP contribution in [0.5, 0.6) is 11.5 Å². The van der Waals surface area contributed by atoms with Gasteiger partial charge in [0.1, 0.15) is 6.61 Å². The van der Waals surface area contributed by atoms with Crippen LogP contribution in [0, 0.1) is 0 Å². The number of tetrazole rings is 1. The molecule has 0 saturated carbocycles. The van der Waals surface area contributed by atoms with Gasteiger partial charge in [0.2, 0.25) is 5.95 Å². The second kappa shape index (κ2) is 8.33. The normalized spacial score (nSPS) is 10.2. The summed E-state index contributed by atoms with van der Waals surface area (Å²) in [7, 11) is 1.60. The monoisotopic (exact) mass is 379 g/mol. The van der Waals surface area contributed by atoms with Crippen LogP contribution in [0.15, 0.2) is 41.9 Å². The number of rotatable bonds is 9. The van der Waals surface area contributed by atoms with E-state index in [9.17, 15) is 0 Å². The lowest BCUT2D eigenvalue weighted by Gasteiger charge is -2.14. The SMILES string of the molecule is C=CCOc1c(Br)cc(CNc2nnnn2CC=C)cc1OC. The molecule has 0 fully saturated rings. The van der Waals surface area contributed by atoms with Crippen LogP contribution in [-0.2, 0) is 13.1 Å². The number of ether oxygens (including phenoxy) is 2. The van der Waals surface area contributed by atoms with Crippen molar-refractivity contribution in [1.29, 1.82) is 0 Å². The van der Waals surface area contributed by atoms with Crippen molar-refractivity contribution >= 4 is 21.9 Å². The maximum Gasteiger partial charge on any atom is 0.243 e. The Morgan fingerprint density at radius 3 is 2.87 bits per heavy atom. The summed E-state index contributed by atoms with van der Waals surface area (Å²) < 4.78 is 13.4. The lowest BCUT2D eigenvalue weighted by atomic mass is 10.2. The molecule has 0 aliphatic heterocycles. The van der Waals surface area contributed by atoms with Crippen LogP contribution < -0.4 is 14.8 Å². The molecule has 2 rings (SSSR count). The molecule has 23 heavy (non-hydrogen) atoms. The minimum Gasteiger partial charge on any atom is -0.493 e. The molecule has 0 saturated heterocycles. The summed E-state index contributed by atoms with van der Waals surface area (Å²) in [5.41, 5.74) is 0.993. The molecule has 0 bridgehead atoms. The van der Waals surface area contributed by atoms with Crippen molar-refractivity contribution in [3.63, 3.8) is 0 Å². The Morgan fingerprint density at radius 2 is 2.17 bits per heavy atom. The number of nitrogens with one attached hydrogen (secondary N) is 1. The second-order valence-corrected chi connectivity index (χ2v) is 5.39. The highest BCUT2D eigenvalue weighted by Gasteiger charge is 2.12. The molecule has 8 heteroatoms. The molecule has 7 nitrogen and oxygen atoms in total. The number of benzene rings is 1. The van der Waals surface area contributed by atoms with Gasteiger partial charge in [-0.3, -0.25) is 0 Å². The summed E-state index contributed by atoms with van der Waals surface area (Å²) in [5.74, 6) is 1.86. The van der Waals surface area contributed by atoms with Crippen LogP contribution in [0.1, 0.15) is 5.56 Å². The molecule has 2 aromatic rings. The predicted octanol–water partition coefficient (Wildman–Crippen LogP) is 2.81. The molecule has 0 spiro atoms. The van der Waals surface area contributed by atoms with E-state index in [1.165, 1.54) is 0 Å². The lowest BCUT2D eigenvalue weighted by Crippen LogP contribution is -2.08. The Bertz CT molecular complexity index is 687. The molecule has 0 atom stereocenters. The molecule has 0 unspecified atom stereocenters. The number of allylic oxidation sites excluding steroid dienone is 1. The average Bonchev–Trinajstić information content (AvgIpc) is 2.99. The molecular formula is C15H18BrN5O2. The molecule has 0 radical (unpaired) electrons. The molecule has 0 amide bonds. The van der Waals surface area contributed by atoms with Crippen molar-refractivity contribution < 1.29 is 9.47 Å². The van der Waals surface area contributed by atoms with E-state index in [4.69, 9.17) is 9.47 Å². The third-order valence-corrected chi connectivity index (χ3v) is 3.51. The third-order valence-electron chi connectivity index (χ3n) is 2.92. The second-order valence-electron chi connectivity index (χ2n) is 4.54. The van der Waals surface area contributed by atoms with Gasteiger partial charge in [-0.15, -0.1) is 6.58 Å². The van der Waals surface area contributed by atoms with E-state index in [1.807, 2.05) is 12.1 Å². The smallest absolute Gasteiger partial charge is 0.243 e. The number of methoxy groups -OCH3 is 1.